The first-order chi connectivity index (χ1) is 6.79. The quantitative estimate of drug-likeness (QED) is 0.550. The van der Waals surface area contributed by atoms with Crippen LogP contribution in [-0.4, -0.2) is 7.05 Å². The number of nitrogens with two attached hydrogens (primary N) is 3. The van der Waals surface area contributed by atoms with Gasteiger partial charge in [0.2, 0.25) is 0 Å². The molecule has 0 fully saturated rings. The fraction of sp³-hybridized carbons (Fsp3) is 0.0909. The minimum absolute atomic E-state index is 0.778. The Labute approximate surface area is 83.5 Å². The molecule has 74 valence electrons. The predicted molar refractivity (Wildman–Crippen MR) is 62.9 cm³/mol. The lowest BCUT2D eigenvalue weighted by Crippen LogP contribution is -1.90. The fourth-order valence-corrected chi connectivity index (χ4v) is 1.36. The topological polar surface area (TPSA) is 78.1 Å². The molecule has 2 aromatic rings. The molecule has 0 amide bonds. The SMILES string of the molecule is CN.Nc1cccc2c(N)cccc12. The van der Waals surface area contributed by atoms with Crippen molar-refractivity contribution in [1.29, 1.82) is 0 Å². The molecule has 0 aliphatic heterocycles. The lowest BCUT2D eigenvalue weighted by atomic mass is 10.1. The zero-order valence-corrected chi connectivity index (χ0v) is 8.20. The van der Waals surface area contributed by atoms with Crippen molar-refractivity contribution in [3.8, 4) is 0 Å². The molecule has 0 unspecified atom stereocenters. The third-order valence-electron chi connectivity index (χ3n) is 1.99. The summed E-state index contributed by atoms with van der Waals surface area (Å²) in [6, 6.07) is 11.5. The number of rotatable bonds is 0. The van der Waals surface area contributed by atoms with E-state index in [2.05, 4.69) is 5.73 Å². The Balaban J connectivity index is 0.000000461. The first kappa shape index (κ1) is 10.3. The summed E-state index contributed by atoms with van der Waals surface area (Å²) in [4.78, 5) is 0. The van der Waals surface area contributed by atoms with Crippen LogP contribution in [0.15, 0.2) is 36.4 Å². The van der Waals surface area contributed by atoms with Crippen LogP contribution < -0.4 is 17.2 Å². The molecule has 6 N–H and O–H groups in total. The molecule has 0 radical (unpaired) electrons. The maximum atomic E-state index is 5.77. The van der Waals surface area contributed by atoms with Crippen molar-refractivity contribution in [3.63, 3.8) is 0 Å². The maximum Gasteiger partial charge on any atom is 0.0394 e. The van der Waals surface area contributed by atoms with Gasteiger partial charge >= 0.3 is 0 Å². The van der Waals surface area contributed by atoms with E-state index in [9.17, 15) is 0 Å². The highest BCUT2D eigenvalue weighted by molar-refractivity contribution is 5.99. The van der Waals surface area contributed by atoms with E-state index in [1.165, 1.54) is 7.05 Å². The first-order valence-corrected chi connectivity index (χ1v) is 4.39. The Kier molecular flexibility index (Phi) is 3.31. The molecule has 2 rings (SSSR count). The smallest absolute Gasteiger partial charge is 0.0394 e. The Morgan fingerprint density at radius 3 is 1.43 bits per heavy atom. The molecule has 2 aromatic carbocycles. The third-order valence-corrected chi connectivity index (χ3v) is 1.99. The molecule has 0 aliphatic rings. The third kappa shape index (κ3) is 1.78. The van der Waals surface area contributed by atoms with Gasteiger partial charge in [0.1, 0.15) is 0 Å². The van der Waals surface area contributed by atoms with Gasteiger partial charge in [0.05, 0.1) is 0 Å². The highest BCUT2D eigenvalue weighted by Crippen LogP contribution is 2.24. The fourth-order valence-electron chi connectivity index (χ4n) is 1.36. The molecule has 0 saturated heterocycles. The van der Waals surface area contributed by atoms with Crippen molar-refractivity contribution >= 4 is 22.1 Å². The molecule has 14 heavy (non-hydrogen) atoms. The number of fused-ring (bicyclic) bond motifs is 1. The van der Waals surface area contributed by atoms with Gasteiger partial charge in [-0.25, -0.2) is 0 Å². The van der Waals surface area contributed by atoms with Crippen LogP contribution in [0.5, 0.6) is 0 Å². The van der Waals surface area contributed by atoms with Gasteiger partial charge in [0.15, 0.2) is 0 Å². The van der Waals surface area contributed by atoms with Gasteiger partial charge in [-0.1, -0.05) is 24.3 Å². The predicted octanol–water partition coefficient (Wildman–Crippen LogP) is 1.58. The van der Waals surface area contributed by atoms with Gasteiger partial charge in [0, 0.05) is 22.1 Å². The second-order valence-electron chi connectivity index (χ2n) is 2.79. The molecular formula is C11H15N3. The Bertz CT molecular complexity index is 383. The molecule has 0 heterocycles. The summed E-state index contributed by atoms with van der Waals surface area (Å²) in [5.74, 6) is 0. The lowest BCUT2D eigenvalue weighted by molar-refractivity contribution is 1.48. The number of anilines is 2. The summed E-state index contributed by atoms with van der Waals surface area (Å²) in [5, 5.41) is 2.05. The maximum absolute atomic E-state index is 5.77. The van der Waals surface area contributed by atoms with E-state index in [-0.39, 0.29) is 0 Å². The summed E-state index contributed by atoms with van der Waals surface area (Å²) in [5.41, 5.74) is 17.6. The standard InChI is InChI=1S/C10H10N2.CH5N/c11-9-5-1-3-7-8(9)4-2-6-10(7)12;1-2/h1-6H,11-12H2;2H2,1H3. The Morgan fingerprint density at radius 1 is 0.714 bits per heavy atom. The van der Waals surface area contributed by atoms with E-state index in [1.54, 1.807) is 0 Å². The minimum Gasteiger partial charge on any atom is -0.398 e. The molecule has 3 heteroatoms. The van der Waals surface area contributed by atoms with Crippen molar-refractivity contribution in [2.45, 2.75) is 0 Å². The van der Waals surface area contributed by atoms with Gasteiger partial charge in [-0.05, 0) is 19.2 Å². The number of hydrogen-bond acceptors (Lipinski definition) is 3. The van der Waals surface area contributed by atoms with Gasteiger partial charge in [-0.2, -0.15) is 0 Å². The van der Waals surface area contributed by atoms with E-state index in [0.717, 1.165) is 22.1 Å². The van der Waals surface area contributed by atoms with E-state index in [1.807, 2.05) is 36.4 Å². The molecule has 3 nitrogen and oxygen atoms in total. The van der Waals surface area contributed by atoms with Crippen LogP contribution in [0.1, 0.15) is 0 Å². The Hall–Kier alpha value is -1.74. The normalized spacial score (nSPS) is 9.29. The van der Waals surface area contributed by atoms with E-state index in [4.69, 9.17) is 11.5 Å². The van der Waals surface area contributed by atoms with E-state index in [0.29, 0.717) is 0 Å². The van der Waals surface area contributed by atoms with Gasteiger partial charge in [-0.15, -0.1) is 0 Å². The van der Waals surface area contributed by atoms with Crippen LogP contribution in [0.4, 0.5) is 11.4 Å². The molecule has 0 atom stereocenters. The van der Waals surface area contributed by atoms with Crippen LogP contribution in [0.25, 0.3) is 10.8 Å². The van der Waals surface area contributed by atoms with Crippen LogP contribution in [0.2, 0.25) is 0 Å². The molecule has 0 bridgehead atoms. The molecule has 0 saturated carbocycles. The van der Waals surface area contributed by atoms with E-state index >= 15 is 0 Å². The van der Waals surface area contributed by atoms with Crippen molar-refractivity contribution < 1.29 is 0 Å². The van der Waals surface area contributed by atoms with Crippen molar-refractivity contribution in [3.05, 3.63) is 36.4 Å². The first-order valence-electron chi connectivity index (χ1n) is 4.39. The highest BCUT2D eigenvalue weighted by Gasteiger charge is 1.98. The highest BCUT2D eigenvalue weighted by atomic mass is 14.6. The van der Waals surface area contributed by atoms with Crippen LogP contribution in [-0.2, 0) is 0 Å². The number of hydrogen-bond donors (Lipinski definition) is 3. The molecule has 0 spiro atoms. The summed E-state index contributed by atoms with van der Waals surface area (Å²) in [6.07, 6.45) is 0. The van der Waals surface area contributed by atoms with Gasteiger partial charge in [-0.3, -0.25) is 0 Å². The van der Waals surface area contributed by atoms with Crippen molar-refractivity contribution in [2.75, 3.05) is 18.5 Å². The minimum atomic E-state index is 0.778. The van der Waals surface area contributed by atoms with Crippen LogP contribution >= 0.6 is 0 Å². The summed E-state index contributed by atoms with van der Waals surface area (Å²) in [6.45, 7) is 0. The van der Waals surface area contributed by atoms with Gasteiger partial charge < -0.3 is 17.2 Å². The second kappa shape index (κ2) is 4.48. The molecule has 0 aromatic heterocycles. The van der Waals surface area contributed by atoms with Gasteiger partial charge in [0.25, 0.3) is 0 Å². The Morgan fingerprint density at radius 2 is 1.07 bits per heavy atom. The number of benzene rings is 2. The molecule has 0 aliphatic carbocycles. The van der Waals surface area contributed by atoms with Crippen molar-refractivity contribution in [2.24, 2.45) is 5.73 Å². The van der Waals surface area contributed by atoms with Crippen molar-refractivity contribution in [1.82, 2.24) is 0 Å². The lowest BCUT2D eigenvalue weighted by Gasteiger charge is -2.03. The van der Waals surface area contributed by atoms with E-state index < -0.39 is 0 Å². The van der Waals surface area contributed by atoms with Crippen LogP contribution in [0.3, 0.4) is 0 Å². The zero-order chi connectivity index (χ0) is 10.6. The average molecular weight is 189 g/mol. The largest absolute Gasteiger partial charge is 0.398 e. The molecular weight excluding hydrogens is 174 g/mol. The summed E-state index contributed by atoms with van der Waals surface area (Å²) >= 11 is 0. The monoisotopic (exact) mass is 189 g/mol. The number of nitrogen functional groups attached to an aromatic ring is 2. The van der Waals surface area contributed by atoms with Crippen LogP contribution in [0, 0.1) is 0 Å². The summed E-state index contributed by atoms with van der Waals surface area (Å²) < 4.78 is 0. The summed E-state index contributed by atoms with van der Waals surface area (Å²) in [7, 11) is 1.50. The zero-order valence-electron chi connectivity index (χ0n) is 8.20. The second-order valence-corrected chi connectivity index (χ2v) is 2.79. The average Bonchev–Trinajstić information content (AvgIpc) is 2.23.